The molecule has 1 aliphatic rings. The van der Waals surface area contributed by atoms with Gasteiger partial charge >= 0.3 is 0 Å². The molecule has 0 atom stereocenters. The number of amides is 1. The number of rotatable bonds is 3. The number of hydrogen-bond donors (Lipinski definition) is 3. The lowest BCUT2D eigenvalue weighted by atomic mass is 9.93. The van der Waals surface area contributed by atoms with Crippen molar-refractivity contribution < 1.29 is 9.21 Å². The Hall–Kier alpha value is -3.68. The van der Waals surface area contributed by atoms with Crippen molar-refractivity contribution in [2.24, 2.45) is 21.7 Å². The van der Waals surface area contributed by atoms with Gasteiger partial charge in [-0.25, -0.2) is 0 Å². The first-order valence-corrected chi connectivity index (χ1v) is 8.98. The van der Waals surface area contributed by atoms with Crippen LogP contribution in [0.15, 0.2) is 51.1 Å². The van der Waals surface area contributed by atoms with Crippen LogP contribution >= 0.6 is 0 Å². The van der Waals surface area contributed by atoms with Gasteiger partial charge in [0.2, 0.25) is 5.96 Å². The molecular weight excluding hydrogens is 356 g/mol. The molecule has 3 aromatic rings. The molecule has 8 nitrogen and oxygen atoms in total. The molecule has 1 aliphatic carbocycles. The lowest BCUT2D eigenvalue weighted by Crippen LogP contribution is -2.22. The Bertz CT molecular complexity index is 1120. The molecule has 4 rings (SSSR count). The SMILES string of the molecule is Cc1c(C(=O)Nc2cccc3ncccc23)oc2c1/C(=N/N=C(N)N)CCC2. The number of carbonyl (C=O) groups excluding carboxylic acids is 1. The number of nitrogens with one attached hydrogen (secondary N) is 1. The number of carbonyl (C=O) groups is 1. The van der Waals surface area contributed by atoms with E-state index in [-0.39, 0.29) is 17.6 Å². The number of pyridine rings is 1. The van der Waals surface area contributed by atoms with Gasteiger partial charge in [-0.05, 0) is 44.0 Å². The highest BCUT2D eigenvalue weighted by molar-refractivity contribution is 6.11. The van der Waals surface area contributed by atoms with Gasteiger partial charge in [0.1, 0.15) is 5.76 Å². The number of nitrogens with zero attached hydrogens (tertiary/aromatic N) is 3. The molecule has 0 radical (unpaired) electrons. The average molecular weight is 376 g/mol. The van der Waals surface area contributed by atoms with Crippen molar-refractivity contribution in [3.05, 3.63) is 59.2 Å². The first-order valence-electron chi connectivity index (χ1n) is 8.98. The molecular formula is C20H20N6O2. The molecule has 1 amide bonds. The number of benzene rings is 1. The minimum Gasteiger partial charge on any atom is -0.455 e. The van der Waals surface area contributed by atoms with E-state index in [9.17, 15) is 4.79 Å². The summed E-state index contributed by atoms with van der Waals surface area (Å²) in [6, 6.07) is 9.34. The lowest BCUT2D eigenvalue weighted by Gasteiger charge is -2.11. The van der Waals surface area contributed by atoms with Gasteiger partial charge in [-0.15, -0.1) is 5.10 Å². The standard InChI is InChI=1S/C20H20N6O2/c1-11-17-15(25-26-20(21)22)8-3-9-16(17)28-18(11)19(27)24-14-7-2-6-13-12(14)5-4-10-23-13/h2,4-7,10H,3,8-9H2,1H3,(H,24,27)(H4,21,22,26)/b25-15+. The van der Waals surface area contributed by atoms with Crippen LogP contribution in [0.3, 0.4) is 0 Å². The number of fused-ring (bicyclic) bond motifs is 2. The second-order valence-electron chi connectivity index (χ2n) is 6.61. The van der Waals surface area contributed by atoms with Gasteiger partial charge in [0.05, 0.1) is 16.9 Å². The van der Waals surface area contributed by atoms with E-state index in [1.807, 2.05) is 37.3 Å². The molecule has 28 heavy (non-hydrogen) atoms. The third-order valence-electron chi connectivity index (χ3n) is 4.71. The Balaban J connectivity index is 1.70. The highest BCUT2D eigenvalue weighted by Gasteiger charge is 2.28. The van der Waals surface area contributed by atoms with E-state index in [2.05, 4.69) is 20.5 Å². The normalized spacial score (nSPS) is 14.7. The Morgan fingerprint density at radius 2 is 2.07 bits per heavy atom. The highest BCUT2D eigenvalue weighted by atomic mass is 16.4. The van der Waals surface area contributed by atoms with E-state index >= 15 is 0 Å². The summed E-state index contributed by atoms with van der Waals surface area (Å²) < 4.78 is 5.90. The summed E-state index contributed by atoms with van der Waals surface area (Å²) in [7, 11) is 0. The van der Waals surface area contributed by atoms with Gasteiger partial charge in [0, 0.05) is 29.1 Å². The fourth-order valence-electron chi connectivity index (χ4n) is 3.49. The topological polar surface area (TPSA) is 132 Å². The molecule has 0 unspecified atom stereocenters. The quantitative estimate of drug-likeness (QED) is 0.367. The molecule has 0 saturated carbocycles. The summed E-state index contributed by atoms with van der Waals surface area (Å²) in [5.41, 5.74) is 14.5. The first kappa shape index (κ1) is 17.7. The summed E-state index contributed by atoms with van der Waals surface area (Å²) >= 11 is 0. The maximum atomic E-state index is 12.9. The number of anilines is 1. The molecule has 8 heteroatoms. The molecule has 142 valence electrons. The van der Waals surface area contributed by atoms with E-state index in [4.69, 9.17) is 15.9 Å². The maximum absolute atomic E-state index is 12.9. The molecule has 2 aromatic heterocycles. The number of aromatic nitrogens is 1. The molecule has 0 aliphatic heterocycles. The molecule has 0 saturated heterocycles. The third kappa shape index (κ3) is 3.20. The summed E-state index contributed by atoms with van der Waals surface area (Å²) in [6.07, 6.45) is 4.04. The smallest absolute Gasteiger partial charge is 0.291 e. The second kappa shape index (κ2) is 7.15. The van der Waals surface area contributed by atoms with Crippen molar-refractivity contribution in [2.45, 2.75) is 26.2 Å². The summed E-state index contributed by atoms with van der Waals surface area (Å²) in [6.45, 7) is 1.85. The average Bonchev–Trinajstić information content (AvgIpc) is 3.04. The molecule has 0 bridgehead atoms. The number of aryl methyl sites for hydroxylation is 1. The first-order chi connectivity index (χ1) is 13.5. The van der Waals surface area contributed by atoms with Crippen LogP contribution in [0.2, 0.25) is 0 Å². The third-order valence-corrected chi connectivity index (χ3v) is 4.71. The molecule has 0 spiro atoms. The van der Waals surface area contributed by atoms with Crippen LogP contribution in [-0.4, -0.2) is 22.6 Å². The number of furan rings is 1. The zero-order valence-electron chi connectivity index (χ0n) is 15.4. The van der Waals surface area contributed by atoms with Gasteiger partial charge < -0.3 is 21.2 Å². The van der Waals surface area contributed by atoms with Crippen LogP contribution in [-0.2, 0) is 6.42 Å². The predicted molar refractivity (Wildman–Crippen MR) is 108 cm³/mol. The van der Waals surface area contributed by atoms with Gasteiger partial charge in [-0.2, -0.15) is 5.10 Å². The second-order valence-corrected chi connectivity index (χ2v) is 6.61. The number of nitrogens with two attached hydrogens (primary N) is 2. The lowest BCUT2D eigenvalue weighted by molar-refractivity contribution is 0.0994. The molecule has 0 fully saturated rings. The van der Waals surface area contributed by atoms with E-state index in [1.165, 1.54) is 0 Å². The predicted octanol–water partition coefficient (Wildman–Crippen LogP) is 2.70. The van der Waals surface area contributed by atoms with Crippen LogP contribution in [0.4, 0.5) is 5.69 Å². The Labute approximate surface area is 161 Å². The molecule has 2 heterocycles. The Kier molecular flexibility index (Phi) is 4.52. The Morgan fingerprint density at radius 3 is 2.89 bits per heavy atom. The zero-order valence-corrected chi connectivity index (χ0v) is 15.4. The van der Waals surface area contributed by atoms with Crippen LogP contribution < -0.4 is 16.8 Å². The summed E-state index contributed by atoms with van der Waals surface area (Å²) in [5, 5.41) is 11.7. The minimum atomic E-state index is -0.315. The molecule has 5 N–H and O–H groups in total. The molecule has 1 aromatic carbocycles. The van der Waals surface area contributed by atoms with Crippen LogP contribution in [0, 0.1) is 6.92 Å². The van der Waals surface area contributed by atoms with E-state index in [0.29, 0.717) is 5.69 Å². The van der Waals surface area contributed by atoms with Gasteiger partial charge in [0.15, 0.2) is 5.76 Å². The minimum absolute atomic E-state index is 0.108. The number of guanidine groups is 1. The van der Waals surface area contributed by atoms with Crippen molar-refractivity contribution >= 4 is 34.2 Å². The monoisotopic (exact) mass is 376 g/mol. The largest absolute Gasteiger partial charge is 0.455 e. The Morgan fingerprint density at radius 1 is 1.21 bits per heavy atom. The van der Waals surface area contributed by atoms with Crippen molar-refractivity contribution in [2.75, 3.05) is 5.32 Å². The zero-order chi connectivity index (χ0) is 19.7. The highest BCUT2D eigenvalue weighted by Crippen LogP contribution is 2.31. The van der Waals surface area contributed by atoms with E-state index in [1.54, 1.807) is 6.20 Å². The van der Waals surface area contributed by atoms with Gasteiger partial charge in [-0.3, -0.25) is 9.78 Å². The van der Waals surface area contributed by atoms with E-state index < -0.39 is 0 Å². The van der Waals surface area contributed by atoms with Crippen molar-refractivity contribution in [1.29, 1.82) is 0 Å². The fourth-order valence-corrected chi connectivity index (χ4v) is 3.49. The fraction of sp³-hybridized carbons (Fsp3) is 0.200. The van der Waals surface area contributed by atoms with Crippen LogP contribution in [0.5, 0.6) is 0 Å². The van der Waals surface area contributed by atoms with Crippen molar-refractivity contribution in [3.63, 3.8) is 0 Å². The van der Waals surface area contributed by atoms with Crippen molar-refractivity contribution in [1.82, 2.24) is 4.98 Å². The summed E-state index contributed by atoms with van der Waals surface area (Å²) in [4.78, 5) is 17.3. The van der Waals surface area contributed by atoms with Gasteiger partial charge in [0.25, 0.3) is 5.91 Å². The van der Waals surface area contributed by atoms with E-state index in [0.717, 1.165) is 52.8 Å². The number of hydrogen-bond acceptors (Lipinski definition) is 5. The van der Waals surface area contributed by atoms with Crippen LogP contribution in [0.25, 0.3) is 10.9 Å². The summed E-state index contributed by atoms with van der Waals surface area (Å²) in [5.74, 6) is 0.580. The van der Waals surface area contributed by atoms with Crippen molar-refractivity contribution in [3.8, 4) is 0 Å². The maximum Gasteiger partial charge on any atom is 0.291 e. The van der Waals surface area contributed by atoms with Gasteiger partial charge in [-0.1, -0.05) is 6.07 Å². The van der Waals surface area contributed by atoms with Crippen LogP contribution in [0.1, 0.15) is 40.3 Å².